The lowest BCUT2D eigenvalue weighted by atomic mass is 9.71. The average molecular weight is 403 g/mol. The molecule has 2 nitrogen and oxygen atoms in total. The van der Waals surface area contributed by atoms with E-state index in [0.717, 1.165) is 12.8 Å². The van der Waals surface area contributed by atoms with E-state index in [4.69, 9.17) is 0 Å². The molecule has 0 saturated carbocycles. The normalized spacial score (nSPS) is 12.2. The first-order valence-corrected chi connectivity index (χ1v) is 10.9. The molecule has 2 N–H and O–H groups in total. The van der Waals surface area contributed by atoms with E-state index in [1.54, 1.807) is 12.1 Å². The molecule has 0 aliphatic carbocycles. The molecule has 0 aliphatic heterocycles. The Hall–Kier alpha value is -2.74. The Kier molecular flexibility index (Phi) is 5.99. The van der Waals surface area contributed by atoms with E-state index in [9.17, 15) is 10.2 Å². The van der Waals surface area contributed by atoms with E-state index >= 15 is 0 Å². The fourth-order valence-electron chi connectivity index (χ4n) is 4.57. The summed E-state index contributed by atoms with van der Waals surface area (Å²) in [4.78, 5) is 0. The average Bonchev–Trinajstić information content (AvgIpc) is 2.73. The van der Waals surface area contributed by atoms with Crippen molar-refractivity contribution < 1.29 is 10.2 Å². The number of aryl methyl sites for hydroxylation is 2. The number of phenolic OH excluding ortho intramolecular Hbond substituents is 2. The Labute approximate surface area is 181 Å². The van der Waals surface area contributed by atoms with Gasteiger partial charge in [-0.1, -0.05) is 77.9 Å². The zero-order valence-corrected chi connectivity index (χ0v) is 19.1. The van der Waals surface area contributed by atoms with Gasteiger partial charge in [-0.15, -0.1) is 0 Å². The zero-order valence-electron chi connectivity index (χ0n) is 19.1. The summed E-state index contributed by atoms with van der Waals surface area (Å²) in [5.41, 5.74) is 6.98. The van der Waals surface area contributed by atoms with Gasteiger partial charge in [-0.3, -0.25) is 0 Å². The van der Waals surface area contributed by atoms with Gasteiger partial charge in [0.15, 0.2) is 0 Å². The minimum Gasteiger partial charge on any atom is -0.508 e. The maximum absolute atomic E-state index is 9.93. The van der Waals surface area contributed by atoms with Crippen LogP contribution < -0.4 is 0 Å². The van der Waals surface area contributed by atoms with Crippen molar-refractivity contribution in [1.29, 1.82) is 0 Å². The fraction of sp³-hybridized carbons (Fsp3) is 0.357. The number of aromatic hydroxyl groups is 2. The highest BCUT2D eigenvalue weighted by Crippen LogP contribution is 2.40. The Balaban J connectivity index is 2.10. The number of hydrogen-bond donors (Lipinski definition) is 2. The van der Waals surface area contributed by atoms with E-state index in [1.807, 2.05) is 12.1 Å². The molecule has 3 aromatic rings. The molecule has 0 radical (unpaired) electrons. The lowest BCUT2D eigenvalue weighted by Gasteiger charge is -2.33. The first kappa shape index (κ1) is 22.0. The van der Waals surface area contributed by atoms with Crippen LogP contribution in [0.15, 0.2) is 60.7 Å². The van der Waals surface area contributed by atoms with Crippen molar-refractivity contribution in [3.8, 4) is 11.5 Å². The van der Waals surface area contributed by atoms with Crippen molar-refractivity contribution in [3.63, 3.8) is 0 Å². The molecule has 0 atom stereocenters. The molecule has 30 heavy (non-hydrogen) atoms. The monoisotopic (exact) mass is 402 g/mol. The van der Waals surface area contributed by atoms with Gasteiger partial charge in [0.25, 0.3) is 0 Å². The zero-order chi connectivity index (χ0) is 22.1. The third-order valence-electron chi connectivity index (χ3n) is 6.59. The molecule has 2 heteroatoms. The van der Waals surface area contributed by atoms with Crippen molar-refractivity contribution >= 4 is 0 Å². The maximum Gasteiger partial charge on any atom is 0.115 e. The Morgan fingerprint density at radius 1 is 0.600 bits per heavy atom. The molecule has 0 heterocycles. The summed E-state index contributed by atoms with van der Waals surface area (Å²) in [7, 11) is 0. The number of benzene rings is 3. The van der Waals surface area contributed by atoms with Crippen LogP contribution in [0.1, 0.15) is 74.9 Å². The van der Waals surface area contributed by atoms with Crippen LogP contribution in [0.2, 0.25) is 0 Å². The van der Waals surface area contributed by atoms with Gasteiger partial charge in [0.1, 0.15) is 11.5 Å². The summed E-state index contributed by atoms with van der Waals surface area (Å²) in [6.45, 7) is 13.3. The van der Waals surface area contributed by atoms with Crippen LogP contribution in [-0.2, 0) is 23.7 Å². The van der Waals surface area contributed by atoms with E-state index < -0.39 is 0 Å². The summed E-state index contributed by atoms with van der Waals surface area (Å²) in [5.74, 6) is 0.640. The first-order chi connectivity index (χ1) is 14.1. The lowest BCUT2D eigenvalue weighted by Crippen LogP contribution is -2.24. The third kappa shape index (κ3) is 3.96. The number of hydrogen-bond acceptors (Lipinski definition) is 2. The molecule has 3 aromatic carbocycles. The first-order valence-electron chi connectivity index (χ1n) is 10.9. The van der Waals surface area contributed by atoms with Gasteiger partial charge in [-0.05, 0) is 70.5 Å². The van der Waals surface area contributed by atoms with E-state index in [0.29, 0.717) is 11.5 Å². The summed E-state index contributed by atoms with van der Waals surface area (Å²) in [6, 6.07) is 20.3. The molecule has 3 rings (SSSR count). The van der Waals surface area contributed by atoms with E-state index in [1.165, 1.54) is 33.4 Å². The molecular weight excluding hydrogens is 368 g/mol. The predicted molar refractivity (Wildman–Crippen MR) is 126 cm³/mol. The van der Waals surface area contributed by atoms with Gasteiger partial charge in [0.05, 0.1) is 0 Å². The van der Waals surface area contributed by atoms with Crippen molar-refractivity contribution in [1.82, 2.24) is 0 Å². The highest BCUT2D eigenvalue weighted by molar-refractivity contribution is 5.50. The largest absolute Gasteiger partial charge is 0.508 e. The molecule has 0 spiro atoms. The molecule has 0 bridgehead atoms. The standard InChI is InChI=1S/C28H34O2/c1-7-19-16-23(29)12-14-25(19)27(3,4)21-10-9-11-22(18-21)28(5,6)26-15-13-24(30)17-20(26)8-2/h9-18,29-30H,7-8H2,1-6H3. The van der Waals surface area contributed by atoms with Crippen LogP contribution in [0.5, 0.6) is 11.5 Å². The second-order valence-electron chi connectivity index (χ2n) is 9.22. The Morgan fingerprint density at radius 2 is 1.00 bits per heavy atom. The lowest BCUT2D eigenvalue weighted by molar-refractivity contribution is 0.473. The van der Waals surface area contributed by atoms with Crippen LogP contribution in [0.4, 0.5) is 0 Å². The second kappa shape index (κ2) is 8.18. The minimum absolute atomic E-state index is 0.187. The number of phenols is 2. The topological polar surface area (TPSA) is 40.5 Å². The van der Waals surface area contributed by atoms with Gasteiger partial charge in [0.2, 0.25) is 0 Å². The molecule has 0 amide bonds. The summed E-state index contributed by atoms with van der Waals surface area (Å²) < 4.78 is 0. The van der Waals surface area contributed by atoms with Crippen LogP contribution >= 0.6 is 0 Å². The Morgan fingerprint density at radius 3 is 1.37 bits per heavy atom. The highest BCUT2D eigenvalue weighted by Gasteiger charge is 2.30. The molecule has 0 unspecified atom stereocenters. The molecule has 0 fully saturated rings. The predicted octanol–water partition coefficient (Wildman–Crippen LogP) is 6.87. The quantitative estimate of drug-likeness (QED) is 0.472. The molecule has 0 saturated heterocycles. The molecular formula is C28H34O2. The maximum atomic E-state index is 9.93. The molecule has 158 valence electrons. The van der Waals surface area contributed by atoms with Crippen molar-refractivity contribution in [2.75, 3.05) is 0 Å². The second-order valence-corrected chi connectivity index (χ2v) is 9.22. The fourth-order valence-corrected chi connectivity index (χ4v) is 4.57. The third-order valence-corrected chi connectivity index (χ3v) is 6.59. The van der Waals surface area contributed by atoms with Crippen molar-refractivity contribution in [2.45, 2.75) is 65.2 Å². The van der Waals surface area contributed by atoms with Crippen LogP contribution in [0.3, 0.4) is 0 Å². The Bertz CT molecular complexity index is 964. The molecule has 0 aromatic heterocycles. The van der Waals surface area contributed by atoms with E-state index in [2.05, 4.69) is 77.9 Å². The molecule has 0 aliphatic rings. The summed E-state index contributed by atoms with van der Waals surface area (Å²) in [5, 5.41) is 19.9. The number of rotatable bonds is 6. The van der Waals surface area contributed by atoms with Gasteiger partial charge in [-0.25, -0.2) is 0 Å². The van der Waals surface area contributed by atoms with Crippen molar-refractivity contribution in [2.24, 2.45) is 0 Å². The SMILES string of the molecule is CCc1cc(O)ccc1C(C)(C)c1cccc(C(C)(C)c2ccc(O)cc2CC)c1. The minimum atomic E-state index is -0.187. The highest BCUT2D eigenvalue weighted by atomic mass is 16.3. The van der Waals surface area contributed by atoms with Gasteiger partial charge >= 0.3 is 0 Å². The van der Waals surface area contributed by atoms with Gasteiger partial charge in [0, 0.05) is 10.8 Å². The van der Waals surface area contributed by atoms with Crippen LogP contribution in [-0.4, -0.2) is 10.2 Å². The van der Waals surface area contributed by atoms with Crippen molar-refractivity contribution in [3.05, 3.63) is 94.0 Å². The summed E-state index contributed by atoms with van der Waals surface area (Å²) in [6.07, 6.45) is 1.76. The van der Waals surface area contributed by atoms with Crippen LogP contribution in [0, 0.1) is 0 Å². The van der Waals surface area contributed by atoms with Gasteiger partial charge < -0.3 is 10.2 Å². The van der Waals surface area contributed by atoms with E-state index in [-0.39, 0.29) is 10.8 Å². The van der Waals surface area contributed by atoms with Gasteiger partial charge in [-0.2, -0.15) is 0 Å². The smallest absolute Gasteiger partial charge is 0.115 e. The summed E-state index contributed by atoms with van der Waals surface area (Å²) >= 11 is 0. The van der Waals surface area contributed by atoms with Crippen LogP contribution in [0.25, 0.3) is 0 Å².